The van der Waals surface area contributed by atoms with Crippen molar-refractivity contribution in [1.82, 2.24) is 4.90 Å². The summed E-state index contributed by atoms with van der Waals surface area (Å²) >= 11 is 0. The van der Waals surface area contributed by atoms with Crippen molar-refractivity contribution < 1.29 is 24.2 Å². The molecule has 0 aromatic heterocycles. The zero-order valence-corrected chi connectivity index (χ0v) is 20.6. The largest absolute Gasteiger partial charge is 0.503 e. The molecule has 1 heterocycles. The third-order valence-corrected chi connectivity index (χ3v) is 6.35. The van der Waals surface area contributed by atoms with Gasteiger partial charge in [-0.05, 0) is 42.2 Å². The molecule has 186 valence electrons. The SMILES string of the molecule is COCCN1C(=O)C(O)=C(C(=O)CCc2ccccc2)C1c1ccc(OCc2ccc(C)cc2)cc1. The van der Waals surface area contributed by atoms with Crippen LogP contribution in [0.2, 0.25) is 0 Å². The van der Waals surface area contributed by atoms with Gasteiger partial charge in [-0.25, -0.2) is 0 Å². The highest BCUT2D eigenvalue weighted by atomic mass is 16.5. The minimum absolute atomic E-state index is 0.139. The smallest absolute Gasteiger partial charge is 0.290 e. The van der Waals surface area contributed by atoms with E-state index in [0.717, 1.165) is 16.7 Å². The van der Waals surface area contributed by atoms with E-state index in [0.29, 0.717) is 25.4 Å². The average Bonchev–Trinajstić information content (AvgIpc) is 3.16. The molecular weight excluding hydrogens is 454 g/mol. The molecule has 1 atom stereocenters. The maximum absolute atomic E-state index is 13.3. The van der Waals surface area contributed by atoms with Crippen LogP contribution in [0.1, 0.15) is 34.7 Å². The van der Waals surface area contributed by atoms with E-state index in [1.165, 1.54) is 10.5 Å². The molecule has 3 aromatic rings. The predicted molar refractivity (Wildman–Crippen MR) is 138 cm³/mol. The maximum atomic E-state index is 13.3. The number of amides is 1. The van der Waals surface area contributed by atoms with Gasteiger partial charge in [0.15, 0.2) is 11.5 Å². The molecular formula is C30H31NO5. The Bertz CT molecular complexity index is 1220. The lowest BCUT2D eigenvalue weighted by molar-refractivity contribution is -0.130. The fourth-order valence-electron chi connectivity index (χ4n) is 4.34. The van der Waals surface area contributed by atoms with Gasteiger partial charge in [0.25, 0.3) is 5.91 Å². The van der Waals surface area contributed by atoms with Crippen LogP contribution < -0.4 is 4.74 Å². The summed E-state index contributed by atoms with van der Waals surface area (Å²) < 4.78 is 11.1. The minimum atomic E-state index is -0.679. The Morgan fingerprint density at radius 3 is 2.31 bits per heavy atom. The average molecular weight is 486 g/mol. The molecule has 1 aliphatic heterocycles. The van der Waals surface area contributed by atoms with Gasteiger partial charge in [0.1, 0.15) is 12.4 Å². The van der Waals surface area contributed by atoms with Crippen LogP contribution in [-0.2, 0) is 27.4 Å². The molecule has 4 rings (SSSR count). The molecule has 0 bridgehead atoms. The maximum Gasteiger partial charge on any atom is 0.290 e. The van der Waals surface area contributed by atoms with Gasteiger partial charge in [0.05, 0.1) is 18.2 Å². The van der Waals surface area contributed by atoms with Crippen molar-refractivity contribution in [2.75, 3.05) is 20.3 Å². The normalized spacial score (nSPS) is 15.4. The van der Waals surface area contributed by atoms with Crippen molar-refractivity contribution in [2.24, 2.45) is 0 Å². The van der Waals surface area contributed by atoms with Crippen molar-refractivity contribution in [2.45, 2.75) is 32.4 Å². The number of ether oxygens (including phenoxy) is 2. The van der Waals surface area contributed by atoms with Crippen molar-refractivity contribution in [3.63, 3.8) is 0 Å². The molecule has 0 spiro atoms. The molecule has 1 N–H and O–H groups in total. The van der Waals surface area contributed by atoms with Crippen LogP contribution in [0.3, 0.4) is 0 Å². The van der Waals surface area contributed by atoms with Crippen LogP contribution in [-0.4, -0.2) is 42.0 Å². The molecule has 36 heavy (non-hydrogen) atoms. The molecule has 0 saturated heterocycles. The first-order chi connectivity index (χ1) is 17.5. The number of methoxy groups -OCH3 is 1. The zero-order chi connectivity index (χ0) is 25.5. The van der Waals surface area contributed by atoms with E-state index in [9.17, 15) is 14.7 Å². The number of aliphatic hydroxyl groups excluding tert-OH is 1. The number of hydrogen-bond acceptors (Lipinski definition) is 5. The van der Waals surface area contributed by atoms with E-state index >= 15 is 0 Å². The summed E-state index contributed by atoms with van der Waals surface area (Å²) in [6, 6.07) is 24.5. The molecule has 6 heteroatoms. The van der Waals surface area contributed by atoms with E-state index in [1.54, 1.807) is 7.11 Å². The van der Waals surface area contributed by atoms with E-state index < -0.39 is 17.7 Å². The van der Waals surface area contributed by atoms with Gasteiger partial charge in [-0.1, -0.05) is 72.3 Å². The number of aryl methyl sites for hydroxylation is 2. The zero-order valence-electron chi connectivity index (χ0n) is 20.6. The third kappa shape index (κ3) is 5.83. The lowest BCUT2D eigenvalue weighted by atomic mass is 9.93. The summed E-state index contributed by atoms with van der Waals surface area (Å²) in [4.78, 5) is 27.7. The second kappa shape index (κ2) is 11.7. The van der Waals surface area contributed by atoms with Gasteiger partial charge in [0.2, 0.25) is 0 Å². The van der Waals surface area contributed by atoms with Gasteiger partial charge in [-0.2, -0.15) is 0 Å². The van der Waals surface area contributed by atoms with Crippen LogP contribution >= 0.6 is 0 Å². The molecule has 1 amide bonds. The van der Waals surface area contributed by atoms with Crippen molar-refractivity contribution in [3.05, 3.63) is 112 Å². The molecule has 0 saturated carbocycles. The Balaban J connectivity index is 1.53. The number of hydrogen-bond donors (Lipinski definition) is 1. The molecule has 0 aliphatic carbocycles. The Labute approximate surface area is 211 Å². The molecule has 3 aromatic carbocycles. The van der Waals surface area contributed by atoms with E-state index in [2.05, 4.69) is 0 Å². The lowest BCUT2D eigenvalue weighted by Crippen LogP contribution is -2.34. The van der Waals surface area contributed by atoms with Crippen LogP contribution in [0.5, 0.6) is 5.75 Å². The Kier molecular flexibility index (Phi) is 8.18. The fourth-order valence-corrected chi connectivity index (χ4v) is 4.34. The lowest BCUT2D eigenvalue weighted by Gasteiger charge is -2.26. The van der Waals surface area contributed by atoms with Gasteiger partial charge in [0, 0.05) is 20.1 Å². The predicted octanol–water partition coefficient (Wildman–Crippen LogP) is 5.12. The topological polar surface area (TPSA) is 76.1 Å². The summed E-state index contributed by atoms with van der Waals surface area (Å²) in [6.45, 7) is 3.02. The quantitative estimate of drug-likeness (QED) is 0.408. The third-order valence-electron chi connectivity index (χ3n) is 6.35. The summed E-state index contributed by atoms with van der Waals surface area (Å²) in [7, 11) is 1.55. The Morgan fingerprint density at radius 2 is 1.64 bits per heavy atom. The number of carbonyl (C=O) groups is 2. The molecule has 1 aliphatic rings. The molecule has 1 unspecified atom stereocenters. The van der Waals surface area contributed by atoms with Crippen LogP contribution in [0.15, 0.2) is 90.2 Å². The van der Waals surface area contributed by atoms with Gasteiger partial charge in [-0.15, -0.1) is 0 Å². The monoisotopic (exact) mass is 485 g/mol. The van der Waals surface area contributed by atoms with Crippen molar-refractivity contribution in [1.29, 1.82) is 0 Å². The summed E-state index contributed by atoms with van der Waals surface area (Å²) in [6.07, 6.45) is 0.726. The number of benzene rings is 3. The summed E-state index contributed by atoms with van der Waals surface area (Å²) in [5, 5.41) is 10.7. The first kappa shape index (κ1) is 25.2. The summed E-state index contributed by atoms with van der Waals surface area (Å²) in [5.41, 5.74) is 4.15. The Morgan fingerprint density at radius 1 is 0.944 bits per heavy atom. The minimum Gasteiger partial charge on any atom is -0.503 e. The first-order valence-corrected chi connectivity index (χ1v) is 12.1. The molecule has 6 nitrogen and oxygen atoms in total. The number of rotatable bonds is 11. The second-order valence-electron chi connectivity index (χ2n) is 8.91. The fraction of sp³-hybridized carbons (Fsp3) is 0.267. The molecule has 0 radical (unpaired) electrons. The number of ketones is 1. The van der Waals surface area contributed by atoms with Gasteiger partial charge < -0.3 is 19.5 Å². The van der Waals surface area contributed by atoms with E-state index in [1.807, 2.05) is 85.8 Å². The summed E-state index contributed by atoms with van der Waals surface area (Å²) in [5.74, 6) is -0.597. The standard InChI is InChI=1S/C30H31NO5/c1-21-8-10-23(11-9-21)20-36-25-15-13-24(14-16-25)28-27(29(33)30(34)31(28)18-19-35-2)26(32)17-12-22-6-4-3-5-7-22/h3-11,13-16,28,33H,12,17-20H2,1-2H3. The highest BCUT2D eigenvalue weighted by molar-refractivity contribution is 6.09. The van der Waals surface area contributed by atoms with E-state index in [4.69, 9.17) is 9.47 Å². The molecule has 0 fully saturated rings. The van der Waals surface area contributed by atoms with Crippen LogP contribution in [0.4, 0.5) is 0 Å². The highest BCUT2D eigenvalue weighted by Crippen LogP contribution is 2.38. The van der Waals surface area contributed by atoms with Crippen LogP contribution in [0.25, 0.3) is 0 Å². The van der Waals surface area contributed by atoms with Crippen molar-refractivity contribution >= 4 is 11.7 Å². The van der Waals surface area contributed by atoms with Gasteiger partial charge >= 0.3 is 0 Å². The number of aliphatic hydroxyl groups is 1. The van der Waals surface area contributed by atoms with Crippen molar-refractivity contribution in [3.8, 4) is 5.75 Å². The van der Waals surface area contributed by atoms with Crippen LogP contribution in [0, 0.1) is 6.92 Å². The number of nitrogens with zero attached hydrogens (tertiary/aromatic N) is 1. The first-order valence-electron chi connectivity index (χ1n) is 12.1. The number of Topliss-reactive ketones (excluding diaryl/α,β-unsaturated/α-hetero) is 1. The van der Waals surface area contributed by atoms with E-state index in [-0.39, 0.29) is 24.3 Å². The second-order valence-corrected chi connectivity index (χ2v) is 8.91. The highest BCUT2D eigenvalue weighted by Gasteiger charge is 2.42. The Hall–Kier alpha value is -3.90. The number of carbonyl (C=O) groups excluding carboxylic acids is 2. The van der Waals surface area contributed by atoms with Gasteiger partial charge in [-0.3, -0.25) is 9.59 Å².